The molecule has 1 heterocycles. The lowest BCUT2D eigenvalue weighted by molar-refractivity contribution is 0.249. The van der Waals surface area contributed by atoms with Crippen LogP contribution in [0.25, 0.3) is 0 Å². The molecule has 0 aromatic heterocycles. The molecule has 1 fully saturated rings. The molecule has 1 atom stereocenters. The van der Waals surface area contributed by atoms with Crippen molar-refractivity contribution in [2.24, 2.45) is 0 Å². The summed E-state index contributed by atoms with van der Waals surface area (Å²) in [5.74, 6) is 0.399. The summed E-state index contributed by atoms with van der Waals surface area (Å²) in [4.78, 5) is 4.69. The molecule has 2 N–H and O–H groups in total. The number of phenolic OH excluding ortho intramolecular Hbond substituents is 1. The molecule has 0 bridgehead atoms. The standard InChI is InChI=1S/C17H29N3O/c1-5-18-13(2)16-7-6-15(12-17(16)21)20-10-8-14(9-11-20)19(3)4/h6-7,12-14,18,21H,5,8-11H2,1-4H3. The average molecular weight is 291 g/mol. The number of aromatic hydroxyl groups is 1. The molecule has 1 aromatic rings. The van der Waals surface area contributed by atoms with E-state index in [-0.39, 0.29) is 6.04 Å². The maximum atomic E-state index is 10.3. The predicted octanol–water partition coefficient (Wildman–Crippen LogP) is 2.59. The molecule has 118 valence electrons. The van der Waals surface area contributed by atoms with Gasteiger partial charge in [0.15, 0.2) is 0 Å². The molecule has 0 aliphatic carbocycles. The lowest BCUT2D eigenvalue weighted by Gasteiger charge is -2.36. The molecule has 0 amide bonds. The first kappa shape index (κ1) is 16.1. The third-order valence-electron chi connectivity index (χ3n) is 4.55. The van der Waals surface area contributed by atoms with Gasteiger partial charge in [-0.25, -0.2) is 0 Å². The SMILES string of the molecule is CCNC(C)c1ccc(N2CCC(N(C)C)CC2)cc1O. The van der Waals surface area contributed by atoms with Gasteiger partial charge in [0, 0.05) is 42.5 Å². The maximum Gasteiger partial charge on any atom is 0.122 e. The second-order valence-corrected chi connectivity index (χ2v) is 6.20. The fourth-order valence-corrected chi connectivity index (χ4v) is 3.15. The first-order valence-electron chi connectivity index (χ1n) is 8.00. The summed E-state index contributed by atoms with van der Waals surface area (Å²) < 4.78 is 0. The van der Waals surface area contributed by atoms with Gasteiger partial charge in [0.2, 0.25) is 0 Å². The Morgan fingerprint density at radius 3 is 2.52 bits per heavy atom. The van der Waals surface area contributed by atoms with E-state index in [9.17, 15) is 5.11 Å². The number of hydrogen-bond acceptors (Lipinski definition) is 4. The van der Waals surface area contributed by atoms with Crippen LogP contribution in [0.15, 0.2) is 18.2 Å². The third-order valence-corrected chi connectivity index (χ3v) is 4.55. The maximum absolute atomic E-state index is 10.3. The van der Waals surface area contributed by atoms with Crippen molar-refractivity contribution < 1.29 is 5.11 Å². The number of benzene rings is 1. The van der Waals surface area contributed by atoms with Crippen molar-refractivity contribution in [2.75, 3.05) is 38.6 Å². The number of anilines is 1. The first-order chi connectivity index (χ1) is 10.0. The summed E-state index contributed by atoms with van der Waals surface area (Å²) in [6, 6.07) is 6.97. The van der Waals surface area contributed by atoms with Crippen molar-refractivity contribution in [1.82, 2.24) is 10.2 Å². The van der Waals surface area contributed by atoms with Gasteiger partial charge in [0.1, 0.15) is 5.75 Å². The van der Waals surface area contributed by atoms with Gasteiger partial charge >= 0.3 is 0 Å². The number of nitrogens with zero attached hydrogens (tertiary/aromatic N) is 2. The van der Waals surface area contributed by atoms with Crippen LogP contribution in [-0.4, -0.2) is 49.8 Å². The van der Waals surface area contributed by atoms with Crippen LogP contribution in [0.3, 0.4) is 0 Å². The Labute approximate surface area is 128 Å². The van der Waals surface area contributed by atoms with Gasteiger partial charge in [-0.1, -0.05) is 13.0 Å². The molecule has 0 spiro atoms. The largest absolute Gasteiger partial charge is 0.508 e. The Hall–Kier alpha value is -1.26. The van der Waals surface area contributed by atoms with Crippen molar-refractivity contribution in [2.45, 2.75) is 38.8 Å². The highest BCUT2D eigenvalue weighted by Gasteiger charge is 2.21. The Bertz CT molecular complexity index is 453. The van der Waals surface area contributed by atoms with Crippen molar-refractivity contribution >= 4 is 5.69 Å². The Kier molecular flexibility index (Phi) is 5.48. The Morgan fingerprint density at radius 2 is 2.00 bits per heavy atom. The van der Waals surface area contributed by atoms with Gasteiger partial charge in [-0.3, -0.25) is 0 Å². The van der Waals surface area contributed by atoms with Crippen LogP contribution in [0.5, 0.6) is 5.75 Å². The van der Waals surface area contributed by atoms with Crippen LogP contribution in [0, 0.1) is 0 Å². The predicted molar refractivity (Wildman–Crippen MR) is 89.1 cm³/mol. The fraction of sp³-hybridized carbons (Fsp3) is 0.647. The normalized spacial score (nSPS) is 18.2. The summed E-state index contributed by atoms with van der Waals surface area (Å²) in [7, 11) is 4.31. The molecule has 1 aromatic carbocycles. The van der Waals surface area contributed by atoms with E-state index in [0.29, 0.717) is 11.8 Å². The second-order valence-electron chi connectivity index (χ2n) is 6.20. The average Bonchev–Trinajstić information content (AvgIpc) is 2.47. The van der Waals surface area contributed by atoms with E-state index >= 15 is 0 Å². The van der Waals surface area contributed by atoms with Gasteiger partial charge in [-0.05, 0) is 46.5 Å². The van der Waals surface area contributed by atoms with Gasteiger partial charge in [0.25, 0.3) is 0 Å². The highest BCUT2D eigenvalue weighted by Crippen LogP contribution is 2.30. The van der Waals surface area contributed by atoms with Crippen molar-refractivity contribution in [3.63, 3.8) is 0 Å². The minimum atomic E-state index is 0.184. The van der Waals surface area contributed by atoms with E-state index in [1.165, 1.54) is 12.8 Å². The van der Waals surface area contributed by atoms with Crippen LogP contribution in [0.2, 0.25) is 0 Å². The first-order valence-corrected chi connectivity index (χ1v) is 8.00. The molecular formula is C17H29N3O. The molecule has 1 aliphatic rings. The molecule has 4 heteroatoms. The number of nitrogens with one attached hydrogen (secondary N) is 1. The number of piperidine rings is 1. The lowest BCUT2D eigenvalue weighted by Crippen LogP contribution is -2.41. The monoisotopic (exact) mass is 291 g/mol. The second kappa shape index (κ2) is 7.14. The molecule has 1 saturated heterocycles. The summed E-state index contributed by atoms with van der Waals surface area (Å²) in [5.41, 5.74) is 2.11. The molecule has 21 heavy (non-hydrogen) atoms. The molecular weight excluding hydrogens is 262 g/mol. The van der Waals surface area contributed by atoms with E-state index in [2.05, 4.69) is 55.2 Å². The van der Waals surface area contributed by atoms with Crippen molar-refractivity contribution in [3.8, 4) is 5.75 Å². The molecule has 1 unspecified atom stereocenters. The summed E-state index contributed by atoms with van der Waals surface area (Å²) in [5, 5.41) is 13.6. The molecule has 0 radical (unpaired) electrons. The van der Waals surface area contributed by atoms with E-state index in [0.717, 1.165) is 30.9 Å². The zero-order valence-electron chi connectivity index (χ0n) is 13.8. The molecule has 0 saturated carbocycles. The lowest BCUT2D eigenvalue weighted by atomic mass is 10.0. The molecule has 2 rings (SSSR count). The van der Waals surface area contributed by atoms with Crippen LogP contribution >= 0.6 is 0 Å². The highest BCUT2D eigenvalue weighted by atomic mass is 16.3. The van der Waals surface area contributed by atoms with Crippen LogP contribution in [-0.2, 0) is 0 Å². The third kappa shape index (κ3) is 3.89. The van der Waals surface area contributed by atoms with Gasteiger partial charge < -0.3 is 20.2 Å². The fourth-order valence-electron chi connectivity index (χ4n) is 3.15. The number of rotatable bonds is 5. The molecule has 4 nitrogen and oxygen atoms in total. The Balaban J connectivity index is 2.04. The minimum absolute atomic E-state index is 0.184. The summed E-state index contributed by atoms with van der Waals surface area (Å²) in [6.45, 7) is 7.19. The number of hydrogen-bond donors (Lipinski definition) is 2. The van der Waals surface area contributed by atoms with Crippen LogP contribution < -0.4 is 10.2 Å². The zero-order valence-corrected chi connectivity index (χ0v) is 13.8. The van der Waals surface area contributed by atoms with E-state index in [1.54, 1.807) is 0 Å². The van der Waals surface area contributed by atoms with Gasteiger partial charge in [-0.2, -0.15) is 0 Å². The zero-order chi connectivity index (χ0) is 15.4. The van der Waals surface area contributed by atoms with E-state index in [4.69, 9.17) is 0 Å². The van der Waals surface area contributed by atoms with Crippen molar-refractivity contribution in [3.05, 3.63) is 23.8 Å². The van der Waals surface area contributed by atoms with Crippen LogP contribution in [0.4, 0.5) is 5.69 Å². The van der Waals surface area contributed by atoms with Gasteiger partial charge in [-0.15, -0.1) is 0 Å². The smallest absolute Gasteiger partial charge is 0.122 e. The van der Waals surface area contributed by atoms with Crippen molar-refractivity contribution in [1.29, 1.82) is 0 Å². The summed E-state index contributed by atoms with van der Waals surface area (Å²) >= 11 is 0. The number of phenols is 1. The topological polar surface area (TPSA) is 38.7 Å². The van der Waals surface area contributed by atoms with Crippen LogP contribution in [0.1, 0.15) is 38.3 Å². The highest BCUT2D eigenvalue weighted by molar-refractivity contribution is 5.54. The van der Waals surface area contributed by atoms with E-state index < -0.39 is 0 Å². The Morgan fingerprint density at radius 1 is 1.33 bits per heavy atom. The minimum Gasteiger partial charge on any atom is -0.508 e. The summed E-state index contributed by atoms with van der Waals surface area (Å²) in [6.07, 6.45) is 2.37. The molecule has 1 aliphatic heterocycles. The van der Waals surface area contributed by atoms with Gasteiger partial charge in [0.05, 0.1) is 0 Å². The quantitative estimate of drug-likeness (QED) is 0.874. The van der Waals surface area contributed by atoms with E-state index in [1.807, 2.05) is 6.07 Å².